The summed E-state index contributed by atoms with van der Waals surface area (Å²) in [6.45, 7) is 0. The van der Waals surface area contributed by atoms with Gasteiger partial charge < -0.3 is 4.90 Å². The summed E-state index contributed by atoms with van der Waals surface area (Å²) in [5, 5.41) is 0. The Morgan fingerprint density at radius 3 is 0.532 bits per heavy atom. The van der Waals surface area contributed by atoms with Crippen LogP contribution in [-0.4, -0.2) is 17.1 Å². The van der Waals surface area contributed by atoms with E-state index >= 15 is 0 Å². The van der Waals surface area contributed by atoms with Gasteiger partial charge in [-0.15, -0.1) is 34.0 Å². The van der Waals surface area contributed by atoms with Crippen LogP contribution in [0.25, 0.3) is 62.6 Å². The van der Waals surface area contributed by atoms with Gasteiger partial charge in [-0.1, -0.05) is 255 Å². The van der Waals surface area contributed by atoms with Crippen molar-refractivity contribution in [3.05, 3.63) is 397 Å². The average Bonchev–Trinajstić information content (AvgIpc) is 1.62. The van der Waals surface area contributed by atoms with Gasteiger partial charge in [0, 0.05) is 79.7 Å². The third-order valence-electron chi connectivity index (χ3n) is 16.5. The summed E-state index contributed by atoms with van der Waals surface area (Å²) in [5.41, 5.74) is 22.3. The first kappa shape index (κ1) is 58.9. The molecule has 0 bridgehead atoms. The van der Waals surface area contributed by atoms with Crippen molar-refractivity contribution in [1.82, 2.24) is 0 Å². The summed E-state index contributed by atoms with van der Waals surface area (Å²) in [7, 11) is 0. The number of rotatable bonds is 18. The minimum Gasteiger partial charge on any atom is -0.311 e. The molecule has 0 saturated carbocycles. The molecule has 3 heterocycles. The first-order valence-electron chi connectivity index (χ1n) is 31.4. The minimum absolute atomic E-state index is 0.914. The van der Waals surface area contributed by atoms with Crippen molar-refractivity contribution in [2.24, 2.45) is 15.0 Å². The van der Waals surface area contributed by atoms with E-state index in [0.29, 0.717) is 0 Å². The van der Waals surface area contributed by atoms with E-state index in [9.17, 15) is 0 Å². The SMILES string of the molecule is c1ccc(C(=Nc2ccc(-c3ccc(-c4ccc(N(c5ccc(-c6ccc(-c7ccc(N=C(c8ccccc8)c8ccccc8)cc7)s6)cc5)c5ccc(-c6ccc(-c7ccc(N=C(c8ccccc8)c8ccccc8)cc7)s6)cc5)cc4)s3)cc2)c2ccccc2)cc1. The molecule has 0 aliphatic carbocycles. The van der Waals surface area contributed by atoms with Crippen LogP contribution in [0.4, 0.5) is 34.1 Å². The molecule has 446 valence electrons. The minimum atomic E-state index is 0.914. The van der Waals surface area contributed by atoms with Crippen LogP contribution in [0.15, 0.2) is 379 Å². The fourth-order valence-electron chi connectivity index (χ4n) is 11.7. The van der Waals surface area contributed by atoms with E-state index in [1.54, 1.807) is 34.0 Å². The molecule has 7 heteroatoms. The fourth-order valence-corrected chi connectivity index (χ4v) is 14.7. The Morgan fingerprint density at radius 1 is 0.181 bits per heavy atom. The molecule has 15 aromatic rings. The molecule has 4 nitrogen and oxygen atoms in total. The van der Waals surface area contributed by atoms with Crippen LogP contribution in [0.5, 0.6) is 0 Å². The molecule has 12 aromatic carbocycles. The van der Waals surface area contributed by atoms with Crippen molar-refractivity contribution in [3.63, 3.8) is 0 Å². The summed E-state index contributed by atoms with van der Waals surface area (Å²) in [6.07, 6.45) is 0. The van der Waals surface area contributed by atoms with Gasteiger partial charge in [-0.25, -0.2) is 15.0 Å². The number of benzene rings is 12. The van der Waals surface area contributed by atoms with Crippen molar-refractivity contribution in [1.29, 1.82) is 0 Å². The Hall–Kier alpha value is -11.5. The molecule has 0 aliphatic rings. The second-order valence-corrected chi connectivity index (χ2v) is 25.9. The summed E-state index contributed by atoms with van der Waals surface area (Å²) in [4.78, 5) is 25.1. The van der Waals surface area contributed by atoms with Crippen molar-refractivity contribution in [2.75, 3.05) is 4.90 Å². The van der Waals surface area contributed by atoms with E-state index in [2.05, 4.69) is 332 Å². The maximum Gasteiger partial charge on any atom is 0.0781 e. The fraction of sp³-hybridized carbons (Fsp3) is 0. The lowest BCUT2D eigenvalue weighted by molar-refractivity contribution is 1.28. The normalized spacial score (nSPS) is 11.0. The zero-order chi connectivity index (χ0) is 62.8. The Kier molecular flexibility index (Phi) is 17.3. The topological polar surface area (TPSA) is 40.3 Å². The molecular formula is C87H60N4S3. The lowest BCUT2D eigenvalue weighted by Gasteiger charge is -2.26. The van der Waals surface area contributed by atoms with Crippen molar-refractivity contribution in [3.8, 4) is 62.6 Å². The van der Waals surface area contributed by atoms with Crippen molar-refractivity contribution < 1.29 is 0 Å². The summed E-state index contributed by atoms with van der Waals surface area (Å²) >= 11 is 5.41. The molecule has 0 N–H and O–H groups in total. The van der Waals surface area contributed by atoms with Gasteiger partial charge in [-0.2, -0.15) is 0 Å². The first-order valence-corrected chi connectivity index (χ1v) is 33.8. The molecular weight excluding hydrogens is 1200 g/mol. The van der Waals surface area contributed by atoms with Gasteiger partial charge in [-0.3, -0.25) is 0 Å². The quantitative estimate of drug-likeness (QED) is 0.0789. The van der Waals surface area contributed by atoms with Crippen LogP contribution in [0.2, 0.25) is 0 Å². The molecule has 0 amide bonds. The Balaban J connectivity index is 0.693. The van der Waals surface area contributed by atoms with Crippen LogP contribution >= 0.6 is 34.0 Å². The van der Waals surface area contributed by atoms with Crippen LogP contribution in [-0.2, 0) is 0 Å². The van der Waals surface area contributed by atoms with E-state index in [1.165, 1.54) is 46.0 Å². The molecule has 0 atom stereocenters. The highest BCUT2D eigenvalue weighted by Crippen LogP contribution is 2.43. The third-order valence-corrected chi connectivity index (χ3v) is 20.1. The third kappa shape index (κ3) is 13.3. The number of nitrogens with zero attached hydrogens (tertiary/aromatic N) is 4. The van der Waals surface area contributed by atoms with E-state index in [0.717, 1.165) is 101 Å². The van der Waals surface area contributed by atoms with Gasteiger partial charge in [0.2, 0.25) is 0 Å². The molecule has 0 radical (unpaired) electrons. The average molecular weight is 1260 g/mol. The number of aliphatic imine (C=N–C) groups is 3. The molecule has 0 saturated heterocycles. The summed E-state index contributed by atoms with van der Waals surface area (Å²) in [6, 6.07) is 129. The molecule has 0 fully saturated rings. The van der Waals surface area contributed by atoms with E-state index < -0.39 is 0 Å². The maximum absolute atomic E-state index is 5.17. The van der Waals surface area contributed by atoms with Crippen molar-refractivity contribution >= 4 is 85.3 Å². The number of anilines is 3. The highest BCUT2D eigenvalue weighted by Gasteiger charge is 2.18. The Morgan fingerprint density at radius 2 is 0.351 bits per heavy atom. The second kappa shape index (κ2) is 27.6. The summed E-state index contributed by atoms with van der Waals surface area (Å²) < 4.78 is 0. The zero-order valence-electron chi connectivity index (χ0n) is 51.2. The Bertz CT molecular complexity index is 4440. The van der Waals surface area contributed by atoms with Crippen molar-refractivity contribution in [2.45, 2.75) is 0 Å². The lowest BCUT2D eigenvalue weighted by Crippen LogP contribution is -2.09. The van der Waals surface area contributed by atoms with Gasteiger partial charge in [0.15, 0.2) is 0 Å². The number of thiophene rings is 3. The van der Waals surface area contributed by atoms with Crippen LogP contribution < -0.4 is 4.90 Å². The van der Waals surface area contributed by atoms with Gasteiger partial charge in [0.1, 0.15) is 0 Å². The predicted molar refractivity (Wildman–Crippen MR) is 402 cm³/mol. The van der Waals surface area contributed by atoms with Gasteiger partial charge >= 0.3 is 0 Å². The van der Waals surface area contributed by atoms with E-state index in [1.807, 2.05) is 36.4 Å². The molecule has 0 spiro atoms. The first-order chi connectivity index (χ1) is 46.5. The molecule has 15 rings (SSSR count). The molecule has 0 unspecified atom stereocenters. The standard InChI is InChI=1S/C87H60N4S3/c1-7-19-67(20-8-1)85(68-21-9-2-10-22-68)88-73-43-31-61(32-44-73)79-55-58-82(92-79)64-37-49-76(50-38-64)91(77-51-39-65(40-52-77)83-59-56-80(93-83)62-33-45-74(46-34-62)89-86(69-23-11-3-12-24-69)70-25-13-4-14-26-70)78-53-41-66(42-54-78)84-60-57-81(94-84)63-35-47-75(48-36-63)90-87(71-27-15-5-16-28-71)72-29-17-6-18-30-72/h1-60H. The van der Waals surface area contributed by atoms with E-state index in [-0.39, 0.29) is 0 Å². The van der Waals surface area contributed by atoms with Crippen LogP contribution in [0, 0.1) is 0 Å². The molecule has 94 heavy (non-hydrogen) atoms. The summed E-state index contributed by atoms with van der Waals surface area (Å²) in [5.74, 6) is 0. The monoisotopic (exact) mass is 1260 g/mol. The number of hydrogen-bond acceptors (Lipinski definition) is 7. The smallest absolute Gasteiger partial charge is 0.0781 e. The van der Waals surface area contributed by atoms with Gasteiger partial charge in [-0.05, 0) is 143 Å². The zero-order valence-corrected chi connectivity index (χ0v) is 53.6. The number of hydrogen-bond donors (Lipinski definition) is 0. The lowest BCUT2D eigenvalue weighted by atomic mass is 10.0. The Labute approximate surface area is 561 Å². The maximum atomic E-state index is 5.17. The molecule has 3 aromatic heterocycles. The van der Waals surface area contributed by atoms with Gasteiger partial charge in [0.25, 0.3) is 0 Å². The predicted octanol–water partition coefficient (Wildman–Crippen LogP) is 24.9. The highest BCUT2D eigenvalue weighted by molar-refractivity contribution is 7.19. The molecule has 0 aliphatic heterocycles. The van der Waals surface area contributed by atoms with E-state index in [4.69, 9.17) is 15.0 Å². The van der Waals surface area contributed by atoms with Crippen LogP contribution in [0.1, 0.15) is 33.4 Å². The van der Waals surface area contributed by atoms with Gasteiger partial charge in [0.05, 0.1) is 34.2 Å². The van der Waals surface area contributed by atoms with Crippen LogP contribution in [0.3, 0.4) is 0 Å². The largest absolute Gasteiger partial charge is 0.311 e. The second-order valence-electron chi connectivity index (χ2n) is 22.7. The highest BCUT2D eigenvalue weighted by atomic mass is 32.1.